The number of hydrogen-bond donors (Lipinski definition) is 1. The van der Waals surface area contributed by atoms with Crippen molar-refractivity contribution < 1.29 is 32.9 Å². The lowest BCUT2D eigenvalue weighted by Crippen LogP contribution is -2.08. The van der Waals surface area contributed by atoms with Gasteiger partial charge in [0.05, 0.1) is 6.57 Å². The van der Waals surface area contributed by atoms with Gasteiger partial charge in [-0.15, -0.1) is 0 Å². The molecule has 26 heavy (non-hydrogen) atoms. The Morgan fingerprint density at radius 1 is 1.23 bits per heavy atom. The average molecular weight is 359 g/mol. The van der Waals surface area contributed by atoms with Gasteiger partial charge in [0, 0.05) is 17.5 Å². The van der Waals surface area contributed by atoms with E-state index in [2.05, 4.69) is 9.58 Å². The zero-order valence-corrected chi connectivity index (χ0v) is 13.1. The molecule has 2 aromatic rings. The first kappa shape index (κ1) is 16.1. The number of ether oxygens (including phenoxy) is 3. The molecular formula is C18H11F2NO5. The normalized spacial score (nSPS) is 22.0. The number of nitrogens with zero attached hydrogens (tertiary/aromatic N) is 1. The number of fused-ring (bicyclic) bond motifs is 3. The van der Waals surface area contributed by atoms with Gasteiger partial charge in [0.2, 0.25) is 0 Å². The van der Waals surface area contributed by atoms with Gasteiger partial charge in [0.15, 0.2) is 17.2 Å². The van der Waals surface area contributed by atoms with Gasteiger partial charge in [0.1, 0.15) is 23.5 Å². The number of carbonyl (C=O) groups is 1. The highest BCUT2D eigenvalue weighted by atomic mass is 19.3. The second kappa shape index (κ2) is 5.88. The van der Waals surface area contributed by atoms with Crippen LogP contribution in [0.5, 0.6) is 23.0 Å². The van der Waals surface area contributed by atoms with Crippen LogP contribution in [0.25, 0.3) is 4.85 Å². The minimum absolute atomic E-state index is 0.0317. The van der Waals surface area contributed by atoms with Crippen LogP contribution in [0.15, 0.2) is 36.4 Å². The van der Waals surface area contributed by atoms with Crippen LogP contribution in [0.4, 0.5) is 14.5 Å². The fourth-order valence-corrected chi connectivity index (χ4v) is 3.16. The Balaban J connectivity index is 1.58. The molecule has 0 spiro atoms. The van der Waals surface area contributed by atoms with Crippen LogP contribution in [-0.2, 0) is 4.79 Å². The highest BCUT2D eigenvalue weighted by Crippen LogP contribution is 2.59. The van der Waals surface area contributed by atoms with E-state index < -0.39 is 18.5 Å². The van der Waals surface area contributed by atoms with Gasteiger partial charge in [0.25, 0.3) is 0 Å². The van der Waals surface area contributed by atoms with E-state index in [1.54, 1.807) is 18.2 Å². The summed E-state index contributed by atoms with van der Waals surface area (Å²) >= 11 is 0. The van der Waals surface area contributed by atoms with Crippen molar-refractivity contribution in [3.8, 4) is 23.0 Å². The summed E-state index contributed by atoms with van der Waals surface area (Å²) in [5, 5.41) is 9.08. The molecule has 1 aliphatic heterocycles. The van der Waals surface area contributed by atoms with Crippen molar-refractivity contribution in [2.24, 2.45) is 5.92 Å². The van der Waals surface area contributed by atoms with Crippen molar-refractivity contribution in [2.45, 2.75) is 18.6 Å². The van der Waals surface area contributed by atoms with Gasteiger partial charge in [-0.3, -0.25) is 4.79 Å². The topological polar surface area (TPSA) is 69.4 Å². The van der Waals surface area contributed by atoms with Crippen LogP contribution in [0.3, 0.4) is 0 Å². The van der Waals surface area contributed by atoms with Gasteiger partial charge in [-0.05, 0) is 18.2 Å². The molecule has 1 fully saturated rings. The minimum atomic E-state index is -3.05. The van der Waals surface area contributed by atoms with Crippen molar-refractivity contribution in [3.63, 3.8) is 0 Å². The fourth-order valence-electron chi connectivity index (χ4n) is 3.16. The molecule has 1 saturated carbocycles. The number of benzene rings is 2. The lowest BCUT2D eigenvalue weighted by atomic mass is 10.1. The molecule has 2 aromatic carbocycles. The first-order chi connectivity index (χ1) is 12.5. The lowest BCUT2D eigenvalue weighted by molar-refractivity contribution is -0.139. The Hall–Kier alpha value is -3.34. The van der Waals surface area contributed by atoms with Gasteiger partial charge < -0.3 is 19.3 Å². The fraction of sp³-hybridized carbons (Fsp3) is 0.222. The largest absolute Gasteiger partial charge is 0.488 e. The first-order valence-corrected chi connectivity index (χ1v) is 7.65. The summed E-state index contributed by atoms with van der Waals surface area (Å²) in [6, 6.07) is 8.87. The van der Waals surface area contributed by atoms with Gasteiger partial charge in [-0.1, -0.05) is 12.1 Å². The molecule has 0 radical (unpaired) electrons. The number of halogens is 2. The smallest absolute Gasteiger partial charge is 0.387 e. The number of rotatable bonds is 5. The molecule has 1 heterocycles. The Morgan fingerprint density at radius 2 is 2.04 bits per heavy atom. The number of alkyl halides is 2. The van der Waals surface area contributed by atoms with E-state index in [1.807, 2.05) is 0 Å². The molecule has 0 aromatic heterocycles. The van der Waals surface area contributed by atoms with Crippen LogP contribution >= 0.6 is 0 Å². The summed E-state index contributed by atoms with van der Waals surface area (Å²) in [5.41, 5.74) is 0.937. The summed E-state index contributed by atoms with van der Waals surface area (Å²) in [6.07, 6.45) is -0.367. The zero-order chi connectivity index (χ0) is 18.4. The second-order valence-electron chi connectivity index (χ2n) is 5.90. The number of aliphatic carboxylic acids is 1. The molecule has 1 aliphatic carbocycles. The van der Waals surface area contributed by atoms with E-state index in [4.69, 9.17) is 21.2 Å². The highest BCUT2D eigenvalue weighted by Gasteiger charge is 2.63. The van der Waals surface area contributed by atoms with Crippen LogP contribution < -0.4 is 14.2 Å². The van der Waals surface area contributed by atoms with Crippen molar-refractivity contribution >= 4 is 11.7 Å². The van der Waals surface area contributed by atoms with Gasteiger partial charge in [-0.25, -0.2) is 4.85 Å². The predicted octanol–water partition coefficient (Wildman–Crippen LogP) is 4.19. The van der Waals surface area contributed by atoms with Crippen LogP contribution in [-0.4, -0.2) is 23.8 Å². The van der Waals surface area contributed by atoms with E-state index >= 15 is 0 Å². The van der Waals surface area contributed by atoms with Crippen LogP contribution in [0.1, 0.15) is 11.5 Å². The van der Waals surface area contributed by atoms with Crippen molar-refractivity contribution in [2.75, 3.05) is 0 Å². The molecule has 0 amide bonds. The summed E-state index contributed by atoms with van der Waals surface area (Å²) in [5.74, 6) is -0.947. The Bertz CT molecular complexity index is 940. The van der Waals surface area contributed by atoms with Crippen molar-refractivity contribution in [1.82, 2.24) is 0 Å². The maximum Gasteiger partial charge on any atom is 0.387 e. The SMILES string of the molecule is [C-]#[N+]c1ccc(Oc2ccc3c(c2)OC2C(C(=O)O)C32)c(OC(F)F)c1. The Labute approximate surface area is 146 Å². The molecule has 1 N–H and O–H groups in total. The monoisotopic (exact) mass is 359 g/mol. The first-order valence-electron chi connectivity index (χ1n) is 7.65. The van der Waals surface area contributed by atoms with Gasteiger partial charge in [-0.2, -0.15) is 8.78 Å². The van der Waals surface area contributed by atoms with Gasteiger partial charge >= 0.3 is 12.6 Å². The summed E-state index contributed by atoms with van der Waals surface area (Å²) in [4.78, 5) is 14.2. The molecule has 3 atom stereocenters. The molecule has 0 saturated heterocycles. The second-order valence-corrected chi connectivity index (χ2v) is 5.90. The Morgan fingerprint density at radius 3 is 2.73 bits per heavy atom. The minimum Gasteiger partial charge on any atom is -0.488 e. The molecular weight excluding hydrogens is 348 g/mol. The third-order valence-electron chi connectivity index (χ3n) is 4.35. The number of carboxylic acids is 1. The third-order valence-corrected chi connectivity index (χ3v) is 4.35. The number of hydrogen-bond acceptors (Lipinski definition) is 4. The zero-order valence-electron chi connectivity index (χ0n) is 13.1. The maximum atomic E-state index is 12.6. The molecule has 2 aliphatic rings. The Kier molecular flexibility index (Phi) is 3.65. The molecule has 0 bridgehead atoms. The highest BCUT2D eigenvalue weighted by molar-refractivity contribution is 5.79. The van der Waals surface area contributed by atoms with E-state index in [9.17, 15) is 13.6 Å². The summed E-state index contributed by atoms with van der Waals surface area (Å²) < 4.78 is 40.8. The van der Waals surface area contributed by atoms with Crippen LogP contribution in [0, 0.1) is 12.5 Å². The van der Waals surface area contributed by atoms with Crippen molar-refractivity contribution in [3.05, 3.63) is 53.4 Å². The quantitative estimate of drug-likeness (QED) is 0.811. The standard InChI is InChI=1S/C18H11F2NO5/c1-21-8-2-5-11(13(6-8)26-18(19)20)24-9-3-4-10-12(7-9)25-16-14(10)15(16)17(22)23/h2-7,14-16,18H,(H,22,23). The van der Waals surface area contributed by atoms with Crippen LogP contribution in [0.2, 0.25) is 0 Å². The summed E-state index contributed by atoms with van der Waals surface area (Å²) in [7, 11) is 0. The molecule has 3 unspecified atom stereocenters. The average Bonchev–Trinajstić information content (AvgIpc) is 3.19. The third kappa shape index (κ3) is 2.67. The lowest BCUT2D eigenvalue weighted by Gasteiger charge is -2.13. The van der Waals surface area contributed by atoms with E-state index in [-0.39, 0.29) is 29.2 Å². The molecule has 4 rings (SSSR count). The molecule has 8 heteroatoms. The predicted molar refractivity (Wildman–Crippen MR) is 84.1 cm³/mol. The van der Waals surface area contributed by atoms with E-state index in [1.165, 1.54) is 18.2 Å². The van der Waals surface area contributed by atoms with Crippen molar-refractivity contribution in [1.29, 1.82) is 0 Å². The van der Waals surface area contributed by atoms with E-state index in [0.29, 0.717) is 11.5 Å². The maximum absolute atomic E-state index is 12.6. The molecule has 132 valence electrons. The summed E-state index contributed by atoms with van der Waals surface area (Å²) in [6.45, 7) is 3.90. The van der Waals surface area contributed by atoms with E-state index in [0.717, 1.165) is 5.56 Å². The molecule has 6 nitrogen and oxygen atoms in total. The number of carboxylic acid groups (broad SMARTS) is 1.